The van der Waals surface area contributed by atoms with Gasteiger partial charge >= 0.3 is 0 Å². The molecule has 0 radical (unpaired) electrons. The number of aryl methyl sites for hydroxylation is 1. The Morgan fingerprint density at radius 3 is 2.78 bits per heavy atom. The second-order valence-electron chi connectivity index (χ2n) is 6.18. The Balaban J connectivity index is 1.64. The van der Waals surface area contributed by atoms with E-state index >= 15 is 0 Å². The third-order valence-corrected chi connectivity index (χ3v) is 5.39. The zero-order chi connectivity index (χ0) is 16.3. The van der Waals surface area contributed by atoms with Crippen LogP contribution in [0, 0.1) is 6.92 Å². The SMILES string of the molecule is Cc1nc(C2(NC(=O)CCN3CCSC3=O)CCCCC2)no1. The van der Waals surface area contributed by atoms with Gasteiger partial charge in [-0.3, -0.25) is 9.59 Å². The van der Waals surface area contributed by atoms with Gasteiger partial charge in [-0.25, -0.2) is 0 Å². The van der Waals surface area contributed by atoms with E-state index in [1.165, 1.54) is 11.8 Å². The minimum absolute atomic E-state index is 0.0564. The molecule has 7 nitrogen and oxygen atoms in total. The van der Waals surface area contributed by atoms with E-state index in [1.54, 1.807) is 11.8 Å². The fourth-order valence-corrected chi connectivity index (χ4v) is 4.10. The number of hydrogen-bond donors (Lipinski definition) is 1. The van der Waals surface area contributed by atoms with Crippen molar-refractivity contribution in [3.63, 3.8) is 0 Å². The van der Waals surface area contributed by atoms with E-state index in [-0.39, 0.29) is 11.1 Å². The average Bonchev–Trinajstić information content (AvgIpc) is 3.15. The Morgan fingerprint density at radius 1 is 1.39 bits per heavy atom. The van der Waals surface area contributed by atoms with Crippen molar-refractivity contribution in [2.75, 3.05) is 18.8 Å². The van der Waals surface area contributed by atoms with Crippen molar-refractivity contribution in [1.82, 2.24) is 20.4 Å². The molecule has 3 rings (SSSR count). The number of carbonyl (C=O) groups is 2. The number of nitrogens with one attached hydrogen (secondary N) is 1. The molecule has 2 aliphatic rings. The molecule has 1 saturated heterocycles. The Morgan fingerprint density at radius 2 is 2.17 bits per heavy atom. The van der Waals surface area contributed by atoms with E-state index in [9.17, 15) is 9.59 Å². The smallest absolute Gasteiger partial charge is 0.281 e. The van der Waals surface area contributed by atoms with Crippen LogP contribution in [0.4, 0.5) is 4.79 Å². The number of rotatable bonds is 5. The molecule has 2 heterocycles. The van der Waals surface area contributed by atoms with Gasteiger partial charge in [0.25, 0.3) is 5.24 Å². The minimum atomic E-state index is -0.517. The van der Waals surface area contributed by atoms with Crippen LogP contribution in [0.25, 0.3) is 0 Å². The predicted octanol–water partition coefficient (Wildman–Crippen LogP) is 2.21. The molecule has 1 aromatic heterocycles. The molecule has 1 saturated carbocycles. The van der Waals surface area contributed by atoms with Crippen LogP contribution < -0.4 is 5.32 Å². The van der Waals surface area contributed by atoms with E-state index in [0.717, 1.165) is 44.4 Å². The van der Waals surface area contributed by atoms with Crippen molar-refractivity contribution in [2.24, 2.45) is 0 Å². The summed E-state index contributed by atoms with van der Waals surface area (Å²) in [7, 11) is 0. The van der Waals surface area contributed by atoms with Crippen LogP contribution in [0.5, 0.6) is 0 Å². The quantitative estimate of drug-likeness (QED) is 0.885. The fraction of sp³-hybridized carbons (Fsp3) is 0.733. The number of amides is 2. The molecule has 1 aliphatic heterocycles. The number of aromatic nitrogens is 2. The number of carbonyl (C=O) groups excluding carboxylic acids is 2. The monoisotopic (exact) mass is 338 g/mol. The van der Waals surface area contributed by atoms with Crippen molar-refractivity contribution in [2.45, 2.75) is 51.0 Å². The number of thioether (sulfide) groups is 1. The first-order valence-corrected chi connectivity index (χ1v) is 9.11. The van der Waals surface area contributed by atoms with Crippen molar-refractivity contribution >= 4 is 22.9 Å². The summed E-state index contributed by atoms with van der Waals surface area (Å²) >= 11 is 1.31. The third kappa shape index (κ3) is 3.68. The molecule has 1 aliphatic carbocycles. The molecule has 1 N–H and O–H groups in total. The lowest BCUT2D eigenvalue weighted by Crippen LogP contribution is -2.48. The molecule has 126 valence electrons. The first kappa shape index (κ1) is 16.3. The molecule has 0 unspecified atom stereocenters. The summed E-state index contributed by atoms with van der Waals surface area (Å²) in [5.74, 6) is 1.85. The lowest BCUT2D eigenvalue weighted by atomic mass is 9.81. The van der Waals surface area contributed by atoms with Crippen LogP contribution in [0.1, 0.15) is 50.2 Å². The van der Waals surface area contributed by atoms with Gasteiger partial charge < -0.3 is 14.7 Å². The highest BCUT2D eigenvalue weighted by molar-refractivity contribution is 8.13. The zero-order valence-electron chi connectivity index (χ0n) is 13.3. The van der Waals surface area contributed by atoms with Crippen LogP contribution in [0.15, 0.2) is 4.52 Å². The highest BCUT2D eigenvalue weighted by Gasteiger charge is 2.39. The van der Waals surface area contributed by atoms with Crippen LogP contribution in [0.3, 0.4) is 0 Å². The summed E-state index contributed by atoms with van der Waals surface area (Å²) in [6.45, 7) is 2.95. The maximum Gasteiger partial charge on any atom is 0.281 e. The van der Waals surface area contributed by atoms with Crippen LogP contribution in [-0.2, 0) is 10.3 Å². The Labute approximate surface area is 139 Å². The molecular formula is C15H22N4O3S. The van der Waals surface area contributed by atoms with E-state index in [0.29, 0.717) is 24.7 Å². The lowest BCUT2D eigenvalue weighted by molar-refractivity contribution is -0.124. The van der Waals surface area contributed by atoms with Gasteiger partial charge in [-0.05, 0) is 12.8 Å². The standard InChI is InChI=1S/C15H22N4O3S/c1-11-16-13(18-22-11)15(6-3-2-4-7-15)17-12(20)5-8-19-9-10-23-14(19)21/h2-10H2,1H3,(H,17,20). The summed E-state index contributed by atoms with van der Waals surface area (Å²) in [5.41, 5.74) is -0.517. The van der Waals surface area contributed by atoms with Gasteiger partial charge in [-0.1, -0.05) is 36.2 Å². The van der Waals surface area contributed by atoms with Gasteiger partial charge in [0, 0.05) is 32.2 Å². The third-order valence-electron chi connectivity index (χ3n) is 4.50. The van der Waals surface area contributed by atoms with E-state index in [1.807, 2.05) is 0 Å². The number of hydrogen-bond acceptors (Lipinski definition) is 6. The highest BCUT2D eigenvalue weighted by Crippen LogP contribution is 2.35. The molecule has 0 spiro atoms. The van der Waals surface area contributed by atoms with E-state index in [4.69, 9.17) is 4.52 Å². The van der Waals surface area contributed by atoms with Crippen molar-refractivity contribution in [1.29, 1.82) is 0 Å². The van der Waals surface area contributed by atoms with E-state index < -0.39 is 5.54 Å². The summed E-state index contributed by atoms with van der Waals surface area (Å²) in [4.78, 5) is 30.1. The van der Waals surface area contributed by atoms with Crippen molar-refractivity contribution < 1.29 is 14.1 Å². The van der Waals surface area contributed by atoms with Gasteiger partial charge in [-0.2, -0.15) is 4.98 Å². The predicted molar refractivity (Wildman–Crippen MR) is 86.0 cm³/mol. The first-order valence-electron chi connectivity index (χ1n) is 8.13. The zero-order valence-corrected chi connectivity index (χ0v) is 14.2. The van der Waals surface area contributed by atoms with Crippen LogP contribution >= 0.6 is 11.8 Å². The molecule has 8 heteroatoms. The van der Waals surface area contributed by atoms with Gasteiger partial charge in [-0.15, -0.1) is 0 Å². The number of nitrogens with zero attached hydrogens (tertiary/aromatic N) is 3. The summed E-state index contributed by atoms with van der Waals surface area (Å²) in [6.07, 6.45) is 5.20. The Hall–Kier alpha value is -1.57. The molecule has 23 heavy (non-hydrogen) atoms. The molecule has 0 atom stereocenters. The highest BCUT2D eigenvalue weighted by atomic mass is 32.2. The summed E-state index contributed by atoms with van der Waals surface area (Å²) in [5, 5.41) is 7.25. The maximum absolute atomic E-state index is 12.4. The molecule has 2 amide bonds. The normalized spacial score (nSPS) is 20.7. The van der Waals surface area contributed by atoms with Crippen LogP contribution in [0.2, 0.25) is 0 Å². The maximum atomic E-state index is 12.4. The Bertz CT molecular complexity index is 583. The van der Waals surface area contributed by atoms with Gasteiger partial charge in [0.05, 0.1) is 0 Å². The average molecular weight is 338 g/mol. The fourth-order valence-electron chi connectivity index (χ4n) is 3.25. The lowest BCUT2D eigenvalue weighted by Gasteiger charge is -2.35. The molecule has 2 fully saturated rings. The van der Waals surface area contributed by atoms with E-state index in [2.05, 4.69) is 15.5 Å². The topological polar surface area (TPSA) is 88.3 Å². The van der Waals surface area contributed by atoms with Crippen molar-refractivity contribution in [3.05, 3.63) is 11.7 Å². The van der Waals surface area contributed by atoms with Crippen molar-refractivity contribution in [3.8, 4) is 0 Å². The largest absolute Gasteiger partial charge is 0.343 e. The molecule has 0 aromatic carbocycles. The van der Waals surface area contributed by atoms with Gasteiger partial charge in [0.15, 0.2) is 5.82 Å². The second kappa shape index (κ2) is 6.90. The molecular weight excluding hydrogens is 316 g/mol. The molecule has 0 bridgehead atoms. The Kier molecular flexibility index (Phi) is 4.89. The van der Waals surface area contributed by atoms with Gasteiger partial charge in [0.2, 0.25) is 11.8 Å². The molecule has 1 aromatic rings. The van der Waals surface area contributed by atoms with Crippen LogP contribution in [-0.4, -0.2) is 45.0 Å². The van der Waals surface area contributed by atoms with Gasteiger partial charge in [0.1, 0.15) is 5.54 Å². The first-order chi connectivity index (χ1) is 11.1. The minimum Gasteiger partial charge on any atom is -0.343 e. The summed E-state index contributed by atoms with van der Waals surface area (Å²) in [6, 6.07) is 0. The second-order valence-corrected chi connectivity index (χ2v) is 7.23. The summed E-state index contributed by atoms with van der Waals surface area (Å²) < 4.78 is 5.11.